The SMILES string of the molecule is C=CCN(c1cc(OC)cc(OC)c1)c1ccc2ncc(-c3cnn(C)c3)nc2c1.COc1cc(OC(C)C)cc(N(CC2CC2)c2ccc3ncc(-c4cnn(C)c4)nc3c2)c1.COc1cc(OC)cc(N(CC2=CCC(C)=N2)c2ccc3ncc(-c4cnn(C)c4)nc3c2)c1. The summed E-state index contributed by atoms with van der Waals surface area (Å²) in [7, 11) is 13.9. The highest BCUT2D eigenvalue weighted by Crippen LogP contribution is 2.41. The lowest BCUT2D eigenvalue weighted by Gasteiger charge is -2.26. The molecule has 0 amide bonds. The lowest BCUT2D eigenvalue weighted by atomic mass is 10.1. The zero-order valence-corrected chi connectivity index (χ0v) is 56.5. The van der Waals surface area contributed by atoms with Crippen LogP contribution >= 0.6 is 0 Å². The number of anilines is 6. The highest BCUT2D eigenvalue weighted by Gasteiger charge is 2.27. The number of hydrogen-bond donors (Lipinski definition) is 0. The van der Waals surface area contributed by atoms with Gasteiger partial charge in [-0.3, -0.25) is 34.0 Å². The number of fused-ring (bicyclic) bond motifs is 3. The summed E-state index contributed by atoms with van der Waals surface area (Å²) in [6.45, 7) is 12.2. The van der Waals surface area contributed by atoms with Gasteiger partial charge in [0.1, 0.15) is 34.5 Å². The molecule has 1 saturated carbocycles. The van der Waals surface area contributed by atoms with Crippen LogP contribution in [0.1, 0.15) is 40.0 Å². The van der Waals surface area contributed by atoms with E-state index in [2.05, 4.69) is 94.0 Å². The van der Waals surface area contributed by atoms with Crippen molar-refractivity contribution in [3.63, 3.8) is 0 Å². The molecule has 1 fully saturated rings. The molecule has 14 rings (SSSR count). The van der Waals surface area contributed by atoms with Crippen LogP contribution in [0.15, 0.2) is 194 Å². The van der Waals surface area contributed by atoms with Crippen LogP contribution in [0.5, 0.6) is 34.5 Å². The van der Waals surface area contributed by atoms with Crippen LogP contribution in [0.2, 0.25) is 0 Å². The average molecular weight is 1300 g/mol. The minimum atomic E-state index is 0.0867. The van der Waals surface area contributed by atoms with Crippen molar-refractivity contribution in [3.8, 4) is 68.3 Å². The molecule has 0 bridgehead atoms. The summed E-state index contributed by atoms with van der Waals surface area (Å²) in [5.41, 5.74) is 18.3. The van der Waals surface area contributed by atoms with E-state index in [0.717, 1.165) is 160 Å². The third-order valence-electron chi connectivity index (χ3n) is 16.3. The standard InChI is InChI=1S/C26H26N6O2.C26H29N5O2.C23H23N5O2/c1-17-5-6-19(29-17)16-32(21-9-22(33-3)12-23(10-21)34-4)20-7-8-24-25(11-20)30-26(14-27-24)18-13-28-31(2)15-18;1-17(2)33-23-10-21(9-22(12-23)32-4)31(15-18-5-6-18)20-7-8-24-25(11-20)29-26(14-27-24)19-13-28-30(3)16-19;1-5-8-28(18-9-19(29-3)12-20(10-18)30-4)17-6-7-21-22(11-17)26-23(14-24-21)16-13-25-27(2)15-16/h6-15H,5,16H2,1-4H3;7-14,16-18H,5-6,15H2,1-4H3;5-7,9-15H,1,8H2,2-4H3. The van der Waals surface area contributed by atoms with Crippen molar-refractivity contribution in [2.75, 3.05) is 69.9 Å². The summed E-state index contributed by atoms with van der Waals surface area (Å²) in [5, 5.41) is 12.7. The molecule has 494 valence electrons. The topological polar surface area (TPSA) is 208 Å². The summed E-state index contributed by atoms with van der Waals surface area (Å²) >= 11 is 0. The molecule has 2 aliphatic rings. The van der Waals surface area contributed by atoms with Gasteiger partial charge in [-0.15, -0.1) is 6.58 Å². The summed E-state index contributed by atoms with van der Waals surface area (Å²) in [6.07, 6.45) is 24.1. The Hall–Kier alpha value is -11.7. The summed E-state index contributed by atoms with van der Waals surface area (Å²) < 4.78 is 38.8. The maximum absolute atomic E-state index is 6.00. The van der Waals surface area contributed by atoms with Gasteiger partial charge in [-0.2, -0.15) is 15.3 Å². The summed E-state index contributed by atoms with van der Waals surface area (Å²) in [6, 6.07) is 36.1. The van der Waals surface area contributed by atoms with Crippen LogP contribution < -0.4 is 43.1 Å². The number of hydrogen-bond acceptors (Lipinski definition) is 19. The third kappa shape index (κ3) is 15.8. The Bertz CT molecular complexity index is 4820. The number of ether oxygens (including phenoxy) is 6. The van der Waals surface area contributed by atoms with E-state index < -0.39 is 0 Å². The van der Waals surface area contributed by atoms with Gasteiger partial charge in [-0.05, 0) is 94.1 Å². The molecule has 0 unspecified atom stereocenters. The number of aliphatic imine (C=N–C) groups is 1. The first-order chi connectivity index (χ1) is 47.1. The van der Waals surface area contributed by atoms with Crippen LogP contribution in [-0.4, -0.2) is 126 Å². The molecule has 6 aromatic carbocycles. The highest BCUT2D eigenvalue weighted by atomic mass is 16.5. The first-order valence-electron chi connectivity index (χ1n) is 31.9. The Kier molecular flexibility index (Phi) is 19.8. The maximum atomic E-state index is 6.00. The van der Waals surface area contributed by atoms with Gasteiger partial charge < -0.3 is 43.1 Å². The van der Waals surface area contributed by atoms with E-state index in [1.807, 2.05) is 146 Å². The molecule has 0 N–H and O–H groups in total. The minimum Gasteiger partial charge on any atom is -0.497 e. The van der Waals surface area contributed by atoms with E-state index in [0.29, 0.717) is 19.0 Å². The van der Waals surface area contributed by atoms with Gasteiger partial charge in [0.15, 0.2) is 0 Å². The predicted octanol–water partition coefficient (Wildman–Crippen LogP) is 14.7. The van der Waals surface area contributed by atoms with Crippen LogP contribution in [0.4, 0.5) is 34.1 Å². The quantitative estimate of drug-likeness (QED) is 0.0578. The molecule has 12 aromatic rings. The number of rotatable bonds is 22. The Morgan fingerprint density at radius 2 is 0.856 bits per heavy atom. The van der Waals surface area contributed by atoms with Crippen LogP contribution in [0.3, 0.4) is 0 Å². The Morgan fingerprint density at radius 3 is 1.22 bits per heavy atom. The molecular weight excluding hydrogens is 1220 g/mol. The van der Waals surface area contributed by atoms with Crippen molar-refractivity contribution in [1.82, 2.24) is 59.2 Å². The first-order valence-corrected chi connectivity index (χ1v) is 31.9. The van der Waals surface area contributed by atoms with Crippen molar-refractivity contribution in [1.29, 1.82) is 0 Å². The average Bonchev–Trinajstić information content (AvgIpc) is 1.56. The summed E-state index contributed by atoms with van der Waals surface area (Å²) in [5.74, 6) is 5.16. The van der Waals surface area contributed by atoms with E-state index in [1.165, 1.54) is 12.8 Å². The molecule has 97 heavy (non-hydrogen) atoms. The number of allylic oxidation sites excluding steroid dienone is 1. The van der Waals surface area contributed by atoms with E-state index in [9.17, 15) is 0 Å². The van der Waals surface area contributed by atoms with Crippen molar-refractivity contribution >= 4 is 72.9 Å². The van der Waals surface area contributed by atoms with E-state index in [4.69, 9.17) is 48.4 Å². The number of nitrogens with zero attached hydrogens (tertiary/aromatic N) is 16. The second kappa shape index (κ2) is 29.3. The molecular formula is C75H78N16O6. The molecule has 1 aliphatic carbocycles. The van der Waals surface area contributed by atoms with Crippen LogP contribution in [0.25, 0.3) is 66.9 Å². The Morgan fingerprint density at radius 1 is 0.474 bits per heavy atom. The van der Waals surface area contributed by atoms with Gasteiger partial charge in [0, 0.05) is 170 Å². The smallest absolute Gasteiger partial charge is 0.125 e. The minimum absolute atomic E-state index is 0.0867. The fourth-order valence-corrected chi connectivity index (χ4v) is 11.3. The number of methoxy groups -OCH3 is 5. The second-order valence-corrected chi connectivity index (χ2v) is 24.0. The van der Waals surface area contributed by atoms with Gasteiger partial charge in [0.25, 0.3) is 0 Å². The third-order valence-corrected chi connectivity index (χ3v) is 16.3. The van der Waals surface area contributed by atoms with E-state index in [-0.39, 0.29) is 6.10 Å². The molecule has 0 spiro atoms. The fraction of sp³-hybridized carbons (Fsp3) is 0.253. The predicted molar refractivity (Wildman–Crippen MR) is 383 cm³/mol. The summed E-state index contributed by atoms with van der Waals surface area (Å²) in [4.78, 5) is 39.7. The molecule has 22 heteroatoms. The zero-order chi connectivity index (χ0) is 67.7. The lowest BCUT2D eigenvalue weighted by Crippen LogP contribution is -2.20. The maximum Gasteiger partial charge on any atom is 0.125 e. The van der Waals surface area contributed by atoms with Crippen molar-refractivity contribution in [2.24, 2.45) is 32.1 Å². The lowest BCUT2D eigenvalue weighted by molar-refractivity contribution is 0.241. The molecule has 22 nitrogen and oxygen atoms in total. The Balaban J connectivity index is 0.000000139. The molecule has 0 radical (unpaired) electrons. The fourth-order valence-electron chi connectivity index (χ4n) is 11.3. The van der Waals surface area contributed by atoms with Crippen molar-refractivity contribution in [2.45, 2.75) is 46.1 Å². The Labute approximate surface area is 563 Å². The number of benzene rings is 6. The van der Waals surface area contributed by atoms with Crippen molar-refractivity contribution in [3.05, 3.63) is 189 Å². The van der Waals surface area contributed by atoms with Gasteiger partial charge >= 0.3 is 0 Å². The van der Waals surface area contributed by atoms with Gasteiger partial charge in [-0.1, -0.05) is 12.2 Å². The highest BCUT2D eigenvalue weighted by molar-refractivity contribution is 5.88. The van der Waals surface area contributed by atoms with E-state index in [1.54, 1.807) is 80.6 Å². The number of aromatic nitrogens is 12. The second-order valence-electron chi connectivity index (χ2n) is 24.0. The van der Waals surface area contributed by atoms with Gasteiger partial charge in [-0.25, -0.2) is 15.0 Å². The number of aryl methyl sites for hydroxylation is 3. The first kappa shape index (κ1) is 65.4. The van der Waals surface area contributed by atoms with Crippen LogP contribution in [-0.2, 0) is 21.1 Å². The van der Waals surface area contributed by atoms with E-state index >= 15 is 0 Å². The monoisotopic (exact) mass is 1300 g/mol. The molecule has 0 atom stereocenters. The largest absolute Gasteiger partial charge is 0.497 e. The normalized spacial score (nSPS) is 12.5. The van der Waals surface area contributed by atoms with Gasteiger partial charge in [0.2, 0.25) is 0 Å². The van der Waals surface area contributed by atoms with Crippen molar-refractivity contribution < 1.29 is 28.4 Å². The molecule has 1 aliphatic heterocycles. The molecule has 0 saturated heterocycles. The van der Waals surface area contributed by atoms with Crippen LogP contribution in [0, 0.1) is 5.92 Å². The molecule has 6 aromatic heterocycles. The zero-order valence-electron chi connectivity index (χ0n) is 56.5. The van der Waals surface area contributed by atoms with Gasteiger partial charge in [0.05, 0.1) is 141 Å². The molecule has 7 heterocycles.